The zero-order valence-corrected chi connectivity index (χ0v) is 15.0. The molecular weight excluding hydrogens is 350 g/mol. The van der Waals surface area contributed by atoms with Crippen molar-refractivity contribution in [2.75, 3.05) is 0 Å². The van der Waals surface area contributed by atoms with Gasteiger partial charge in [0.15, 0.2) is 0 Å². The number of fused-ring (bicyclic) bond motifs is 1. The third-order valence-corrected chi connectivity index (χ3v) is 4.40. The average molecular weight is 369 g/mol. The Bertz CT molecular complexity index is 1190. The molecule has 0 unspecified atom stereocenters. The van der Waals surface area contributed by atoms with Gasteiger partial charge < -0.3 is 21.3 Å². The second-order valence-corrected chi connectivity index (χ2v) is 6.38. The van der Waals surface area contributed by atoms with Crippen LogP contribution in [0.25, 0.3) is 22.2 Å². The summed E-state index contributed by atoms with van der Waals surface area (Å²) < 4.78 is 5.99. The summed E-state index contributed by atoms with van der Waals surface area (Å²) in [6.07, 6.45) is 1.57. The number of rotatable bonds is 5. The van der Waals surface area contributed by atoms with Crippen LogP contribution < -0.4 is 16.3 Å². The maximum atomic E-state index is 7.59. The summed E-state index contributed by atoms with van der Waals surface area (Å²) in [5.74, 6) is 6.69. The number of hydrogen-bond acceptors (Lipinski definition) is 4. The molecule has 0 atom stereocenters. The molecule has 0 aliphatic rings. The standard InChI is InChI=1S/C22H19N5O/c23-22(24)17-8-7-16-11-20(27-21(16)12-17)15-4-2-6-19(10-15)28-18-5-1-3-14(9-18)13-26-25/h1-13,27H,25H2,(H3,23,24)/b26-13+. The number of amidine groups is 1. The Hall–Kier alpha value is -4.06. The van der Waals surface area contributed by atoms with E-state index in [4.69, 9.17) is 21.7 Å². The van der Waals surface area contributed by atoms with Gasteiger partial charge in [-0.1, -0.05) is 36.4 Å². The molecule has 0 bridgehead atoms. The monoisotopic (exact) mass is 369 g/mol. The Morgan fingerprint density at radius 1 is 0.964 bits per heavy atom. The van der Waals surface area contributed by atoms with E-state index < -0.39 is 0 Å². The third kappa shape index (κ3) is 3.57. The first-order chi connectivity index (χ1) is 13.6. The highest BCUT2D eigenvalue weighted by Gasteiger charge is 2.07. The molecule has 6 nitrogen and oxygen atoms in total. The zero-order chi connectivity index (χ0) is 19.5. The van der Waals surface area contributed by atoms with Crippen LogP contribution in [0, 0.1) is 5.41 Å². The normalized spacial score (nSPS) is 11.1. The number of aromatic nitrogens is 1. The van der Waals surface area contributed by atoms with Crippen molar-refractivity contribution >= 4 is 23.0 Å². The van der Waals surface area contributed by atoms with Crippen molar-refractivity contribution in [2.45, 2.75) is 0 Å². The number of H-pyrrole nitrogens is 1. The summed E-state index contributed by atoms with van der Waals surface area (Å²) in [6.45, 7) is 0. The molecule has 0 radical (unpaired) electrons. The Balaban J connectivity index is 1.64. The van der Waals surface area contributed by atoms with Crippen molar-refractivity contribution in [1.29, 1.82) is 5.41 Å². The molecular formula is C22H19N5O. The molecule has 4 aromatic rings. The zero-order valence-electron chi connectivity index (χ0n) is 15.0. The van der Waals surface area contributed by atoms with Crippen molar-refractivity contribution in [1.82, 2.24) is 4.98 Å². The van der Waals surface area contributed by atoms with Gasteiger partial charge in [-0.2, -0.15) is 5.10 Å². The van der Waals surface area contributed by atoms with E-state index in [0.29, 0.717) is 11.3 Å². The summed E-state index contributed by atoms with van der Waals surface area (Å²) in [4.78, 5) is 3.39. The van der Waals surface area contributed by atoms with Crippen molar-refractivity contribution in [3.05, 3.63) is 83.9 Å². The lowest BCUT2D eigenvalue weighted by Gasteiger charge is -2.08. The molecule has 1 heterocycles. The molecule has 3 aromatic carbocycles. The van der Waals surface area contributed by atoms with Crippen molar-refractivity contribution in [3.8, 4) is 22.8 Å². The number of aromatic amines is 1. The number of ether oxygens (including phenoxy) is 1. The lowest BCUT2D eigenvalue weighted by molar-refractivity contribution is 0.483. The molecule has 0 saturated heterocycles. The molecule has 0 aliphatic heterocycles. The maximum Gasteiger partial charge on any atom is 0.128 e. The summed E-state index contributed by atoms with van der Waals surface area (Å²) in [5, 5.41) is 12.2. The van der Waals surface area contributed by atoms with Crippen LogP contribution in [0.5, 0.6) is 11.5 Å². The lowest BCUT2D eigenvalue weighted by atomic mass is 10.1. The molecule has 1 aromatic heterocycles. The van der Waals surface area contributed by atoms with Gasteiger partial charge in [0.1, 0.15) is 17.3 Å². The van der Waals surface area contributed by atoms with E-state index in [1.54, 1.807) is 6.21 Å². The molecule has 0 spiro atoms. The SMILES string of the molecule is N=C(N)c1ccc2cc(-c3cccc(Oc4cccc(/C=N/N)c4)c3)[nH]c2c1. The van der Waals surface area contributed by atoms with Crippen molar-refractivity contribution in [2.24, 2.45) is 16.7 Å². The Morgan fingerprint density at radius 2 is 1.75 bits per heavy atom. The fourth-order valence-corrected chi connectivity index (χ4v) is 3.06. The number of nitrogens with zero attached hydrogens (tertiary/aromatic N) is 1. The van der Waals surface area contributed by atoms with Gasteiger partial charge in [-0.05, 0) is 42.0 Å². The molecule has 138 valence electrons. The van der Waals surface area contributed by atoms with Gasteiger partial charge in [-0.3, -0.25) is 5.41 Å². The van der Waals surface area contributed by atoms with Crippen molar-refractivity contribution < 1.29 is 4.74 Å². The quantitative estimate of drug-likeness (QED) is 0.183. The Kier molecular flexibility index (Phi) is 4.51. The molecule has 4 rings (SSSR count). The predicted octanol–water partition coefficient (Wildman–Crippen LogP) is 4.20. The number of benzene rings is 3. The van der Waals surface area contributed by atoms with Gasteiger partial charge in [0.2, 0.25) is 0 Å². The molecule has 0 aliphatic carbocycles. The first-order valence-corrected chi connectivity index (χ1v) is 8.71. The van der Waals surface area contributed by atoms with E-state index >= 15 is 0 Å². The number of nitrogens with one attached hydrogen (secondary N) is 2. The highest BCUT2D eigenvalue weighted by molar-refractivity contribution is 5.99. The van der Waals surface area contributed by atoms with Crippen LogP contribution in [0.3, 0.4) is 0 Å². The van der Waals surface area contributed by atoms with Gasteiger partial charge in [-0.15, -0.1) is 0 Å². The van der Waals surface area contributed by atoms with E-state index in [1.165, 1.54) is 0 Å². The fraction of sp³-hybridized carbons (Fsp3) is 0. The topological polar surface area (TPSA) is 113 Å². The van der Waals surface area contributed by atoms with Crippen LogP contribution in [0.4, 0.5) is 0 Å². The fourth-order valence-electron chi connectivity index (χ4n) is 3.06. The Morgan fingerprint density at radius 3 is 2.54 bits per heavy atom. The summed E-state index contributed by atoms with van der Waals surface area (Å²) in [6, 6.07) is 23.1. The minimum Gasteiger partial charge on any atom is -0.457 e. The largest absolute Gasteiger partial charge is 0.457 e. The van der Waals surface area contributed by atoms with Crippen LogP contribution in [0.2, 0.25) is 0 Å². The minimum atomic E-state index is 0.0513. The molecule has 28 heavy (non-hydrogen) atoms. The van der Waals surface area contributed by atoms with Crippen molar-refractivity contribution in [3.63, 3.8) is 0 Å². The Labute approximate surface area is 162 Å². The molecule has 6 heteroatoms. The van der Waals surface area contributed by atoms with E-state index in [9.17, 15) is 0 Å². The number of hydrazone groups is 1. The maximum absolute atomic E-state index is 7.59. The van der Waals surface area contributed by atoms with Gasteiger partial charge in [0.05, 0.1) is 6.21 Å². The van der Waals surface area contributed by atoms with Crippen LogP contribution in [0.1, 0.15) is 11.1 Å². The lowest BCUT2D eigenvalue weighted by Crippen LogP contribution is -2.10. The van der Waals surface area contributed by atoms with Crippen LogP contribution >= 0.6 is 0 Å². The molecule has 6 N–H and O–H groups in total. The number of nitrogens with two attached hydrogens (primary N) is 2. The summed E-state index contributed by atoms with van der Waals surface area (Å²) >= 11 is 0. The van der Waals surface area contributed by atoms with E-state index in [2.05, 4.69) is 16.2 Å². The average Bonchev–Trinajstić information content (AvgIpc) is 3.12. The van der Waals surface area contributed by atoms with Gasteiger partial charge in [0.25, 0.3) is 0 Å². The molecule has 0 saturated carbocycles. The first-order valence-electron chi connectivity index (χ1n) is 8.71. The number of nitrogen functional groups attached to an aromatic ring is 1. The van der Waals surface area contributed by atoms with E-state index in [0.717, 1.165) is 33.5 Å². The van der Waals surface area contributed by atoms with E-state index in [-0.39, 0.29) is 5.84 Å². The summed E-state index contributed by atoms with van der Waals surface area (Å²) in [5.41, 5.74) is 10.0. The van der Waals surface area contributed by atoms with Gasteiger partial charge >= 0.3 is 0 Å². The predicted molar refractivity (Wildman–Crippen MR) is 113 cm³/mol. The van der Waals surface area contributed by atoms with Crippen LogP contribution in [-0.2, 0) is 0 Å². The van der Waals surface area contributed by atoms with Crippen LogP contribution in [-0.4, -0.2) is 17.0 Å². The van der Waals surface area contributed by atoms with E-state index in [1.807, 2.05) is 66.7 Å². The molecule has 0 fully saturated rings. The highest BCUT2D eigenvalue weighted by atomic mass is 16.5. The number of hydrogen-bond donors (Lipinski definition) is 4. The van der Waals surface area contributed by atoms with Gasteiger partial charge in [0, 0.05) is 27.7 Å². The second-order valence-electron chi connectivity index (χ2n) is 6.38. The third-order valence-electron chi connectivity index (χ3n) is 4.40. The first kappa shape index (κ1) is 17.4. The summed E-state index contributed by atoms with van der Waals surface area (Å²) in [7, 11) is 0. The highest BCUT2D eigenvalue weighted by Crippen LogP contribution is 2.29. The second kappa shape index (κ2) is 7.28. The molecule has 0 amide bonds. The smallest absolute Gasteiger partial charge is 0.128 e. The minimum absolute atomic E-state index is 0.0513. The van der Waals surface area contributed by atoms with Gasteiger partial charge in [-0.25, -0.2) is 0 Å². The van der Waals surface area contributed by atoms with Crippen LogP contribution in [0.15, 0.2) is 77.9 Å².